The van der Waals surface area contributed by atoms with Gasteiger partial charge in [-0.2, -0.15) is 9.13 Å². The van der Waals surface area contributed by atoms with E-state index in [1.54, 1.807) is 0 Å². The predicted molar refractivity (Wildman–Crippen MR) is 296 cm³/mol. The number of nitrogen functional groups attached to an aromatic ring is 4. The molecule has 0 saturated heterocycles. The van der Waals surface area contributed by atoms with Gasteiger partial charge in [-0.05, 0) is 98.7 Å². The van der Waals surface area contributed by atoms with E-state index >= 15 is 0 Å². The number of nitrogens with zero attached hydrogens (tertiary/aromatic N) is 2. The molecule has 0 aliphatic heterocycles. The largest absolute Gasteiger partial charge is 0.399 e. The molecule has 0 aliphatic rings. The van der Waals surface area contributed by atoms with Crippen LogP contribution in [-0.4, -0.2) is 64.5 Å². The summed E-state index contributed by atoms with van der Waals surface area (Å²) in [6.45, 7) is 5.76. The Hall–Kier alpha value is -5.11. The molecular formula is C60H72N8O5Y2+2. The number of hydrogen-bond donors (Lipinski definition) is 6. The number of ether oxygens (including phenoxy) is 3. The smallest absolute Gasteiger partial charge is 0.220 e. The molecule has 8 aromatic rings. The Morgan fingerprint density at radius 1 is 0.440 bits per heavy atom. The van der Waals surface area contributed by atoms with E-state index in [9.17, 15) is 9.59 Å². The Bertz CT molecular complexity index is 3130. The number of aromatic nitrogens is 2. The number of hydrogen-bond acceptors (Lipinski definition) is 9. The Kier molecular flexibility index (Phi) is 24.1. The number of carbonyl (C=O) groups is 2. The molecule has 15 heteroatoms. The number of carbonyl (C=O) groups excluding carboxylic acids is 2. The number of unbranched alkanes of at least 4 members (excludes halogenated alkanes) is 4. The second kappa shape index (κ2) is 30.6. The van der Waals surface area contributed by atoms with Gasteiger partial charge in [0.25, 0.3) is 0 Å². The van der Waals surface area contributed by atoms with Crippen molar-refractivity contribution in [2.75, 3.05) is 75.7 Å². The fraction of sp³-hybridized carbons (Fsp3) is 0.333. The topological polar surface area (TPSA) is 198 Å². The molecule has 75 heavy (non-hydrogen) atoms. The van der Waals surface area contributed by atoms with Gasteiger partial charge in [-0.25, -0.2) is 0 Å². The van der Waals surface area contributed by atoms with Gasteiger partial charge in [0.2, 0.25) is 28.5 Å². The van der Waals surface area contributed by atoms with Gasteiger partial charge in [-0.15, -0.1) is 0 Å². The van der Waals surface area contributed by atoms with Crippen LogP contribution < -0.4 is 42.7 Å². The molecule has 2 heterocycles. The minimum atomic E-state index is 0. The van der Waals surface area contributed by atoms with Crippen LogP contribution >= 0.6 is 0 Å². The zero-order valence-corrected chi connectivity index (χ0v) is 48.9. The number of nitrogens with two attached hydrogens (primary N) is 4. The second-order valence-electron chi connectivity index (χ2n) is 18.8. The molecule has 386 valence electrons. The molecule has 0 bridgehead atoms. The van der Waals surface area contributed by atoms with Crippen molar-refractivity contribution < 1.29 is 98.4 Å². The number of aryl methyl sites for hydroxylation is 2. The number of amides is 2. The van der Waals surface area contributed by atoms with Gasteiger partial charge in [0, 0.05) is 174 Å². The first-order valence-electron chi connectivity index (χ1n) is 26.0. The summed E-state index contributed by atoms with van der Waals surface area (Å²) < 4.78 is 21.7. The number of benzene rings is 6. The monoisotopic (exact) mass is 1160 g/mol. The number of rotatable bonds is 28. The normalized spacial score (nSPS) is 11.2. The molecule has 0 atom stereocenters. The third-order valence-electron chi connectivity index (χ3n) is 13.4. The summed E-state index contributed by atoms with van der Waals surface area (Å²) in [7, 11) is 0. The molecular weight excluding hydrogens is 1090 g/mol. The van der Waals surface area contributed by atoms with Gasteiger partial charge >= 0.3 is 0 Å². The first-order valence-corrected chi connectivity index (χ1v) is 26.0. The van der Waals surface area contributed by atoms with Crippen molar-refractivity contribution in [2.45, 2.75) is 77.3 Å². The van der Waals surface area contributed by atoms with E-state index in [1.165, 1.54) is 0 Å². The number of pyridine rings is 2. The molecule has 0 saturated carbocycles. The molecule has 8 rings (SSSR count). The van der Waals surface area contributed by atoms with E-state index in [4.69, 9.17) is 37.1 Å². The molecule has 13 nitrogen and oxygen atoms in total. The molecule has 0 spiro atoms. The van der Waals surface area contributed by atoms with Gasteiger partial charge in [-0.3, -0.25) is 9.59 Å². The summed E-state index contributed by atoms with van der Waals surface area (Å²) in [6, 6.07) is 43.1. The molecule has 0 unspecified atom stereocenters. The molecule has 2 aromatic heterocycles. The minimum absolute atomic E-state index is 0. The van der Waals surface area contributed by atoms with Crippen LogP contribution in [0, 0.1) is 0 Å². The van der Waals surface area contributed by atoms with Crippen LogP contribution in [0.3, 0.4) is 0 Å². The molecule has 2 radical (unpaired) electrons. The van der Waals surface area contributed by atoms with Gasteiger partial charge in [0.05, 0.1) is 48.0 Å². The van der Waals surface area contributed by atoms with Gasteiger partial charge in [0.1, 0.15) is 13.1 Å². The SMILES string of the molecule is Nc1ccc2c(c1)c(-c1ccccc1)[n+](CCCCCC(=O)NCCCOCCOCCOCCCNC(=O)CCCCC[n+]1cc3c(-c4ccccc4)c(N)ccc3c3ccc(N)cc31)c1cc(N)ccc21.[Y].[Y]. The van der Waals surface area contributed by atoms with Crippen LogP contribution in [0.25, 0.3) is 65.7 Å². The number of nitrogens with one attached hydrogen (secondary N) is 2. The first-order chi connectivity index (χ1) is 35.7. The zero-order chi connectivity index (χ0) is 50.8. The Morgan fingerprint density at radius 2 is 0.920 bits per heavy atom. The summed E-state index contributed by atoms with van der Waals surface area (Å²) in [6.07, 6.45) is 9.97. The first kappa shape index (κ1) is 59.1. The van der Waals surface area contributed by atoms with Crippen molar-refractivity contribution in [3.8, 4) is 22.4 Å². The number of fused-ring (bicyclic) bond motifs is 6. The maximum Gasteiger partial charge on any atom is 0.220 e. The van der Waals surface area contributed by atoms with E-state index in [0.717, 1.165) is 153 Å². The van der Waals surface area contributed by atoms with Crippen LogP contribution in [-0.2, 0) is 102 Å². The molecule has 10 N–H and O–H groups in total. The average Bonchev–Trinajstić information content (AvgIpc) is 3.39. The van der Waals surface area contributed by atoms with E-state index in [-0.39, 0.29) is 77.2 Å². The minimum Gasteiger partial charge on any atom is -0.399 e. The average molecular weight is 1160 g/mol. The van der Waals surface area contributed by atoms with E-state index in [1.807, 2.05) is 54.6 Å². The zero-order valence-electron chi connectivity index (χ0n) is 43.2. The molecule has 0 aliphatic carbocycles. The molecule has 2 amide bonds. The Labute approximate surface area is 491 Å². The van der Waals surface area contributed by atoms with Crippen LogP contribution in [0.15, 0.2) is 134 Å². The van der Waals surface area contributed by atoms with Gasteiger partial charge in [0.15, 0.2) is 6.20 Å². The van der Waals surface area contributed by atoms with Crippen molar-refractivity contribution in [3.63, 3.8) is 0 Å². The maximum absolute atomic E-state index is 12.6. The van der Waals surface area contributed by atoms with E-state index in [2.05, 4.69) is 98.8 Å². The fourth-order valence-corrected chi connectivity index (χ4v) is 9.75. The number of anilines is 4. The van der Waals surface area contributed by atoms with Crippen molar-refractivity contribution in [1.29, 1.82) is 0 Å². The molecule has 6 aromatic carbocycles. The maximum atomic E-state index is 12.6. The second-order valence-corrected chi connectivity index (χ2v) is 18.8. The molecule has 0 fully saturated rings. The third-order valence-corrected chi connectivity index (χ3v) is 13.4. The van der Waals surface area contributed by atoms with Gasteiger partial charge in [-0.1, -0.05) is 60.7 Å². The van der Waals surface area contributed by atoms with Crippen molar-refractivity contribution in [1.82, 2.24) is 10.6 Å². The van der Waals surface area contributed by atoms with E-state index < -0.39 is 0 Å². The van der Waals surface area contributed by atoms with Crippen LogP contribution in [0.1, 0.15) is 64.2 Å². The summed E-state index contributed by atoms with van der Waals surface area (Å²) in [5, 5.41) is 12.8. The van der Waals surface area contributed by atoms with Crippen LogP contribution in [0.5, 0.6) is 0 Å². The fourth-order valence-electron chi connectivity index (χ4n) is 9.75. The van der Waals surface area contributed by atoms with Crippen LogP contribution in [0.4, 0.5) is 22.7 Å². The quantitative estimate of drug-likeness (QED) is 0.0120. The Balaban J connectivity index is 0.00000457. The third kappa shape index (κ3) is 16.4. The van der Waals surface area contributed by atoms with Crippen molar-refractivity contribution in [2.24, 2.45) is 0 Å². The van der Waals surface area contributed by atoms with Crippen molar-refractivity contribution in [3.05, 3.63) is 134 Å². The Morgan fingerprint density at radius 3 is 1.52 bits per heavy atom. The summed E-state index contributed by atoms with van der Waals surface area (Å²) in [5.41, 5.74) is 34.9. The van der Waals surface area contributed by atoms with Crippen LogP contribution in [0.2, 0.25) is 0 Å². The van der Waals surface area contributed by atoms with Gasteiger partial charge < -0.3 is 47.8 Å². The predicted octanol–water partition coefficient (Wildman–Crippen LogP) is 9.42. The summed E-state index contributed by atoms with van der Waals surface area (Å²) >= 11 is 0. The summed E-state index contributed by atoms with van der Waals surface area (Å²) in [4.78, 5) is 25.2. The standard InChI is InChI=1S/C60H70N8O5.2Y/c61-45-21-24-48-51-26-23-47(63)41-56(51)68(60(52(48)39-45)44-17-7-2-8-18-44)32-12-4-10-20-58(70)66-30-14-34-72-36-38-73-37-35-71-33-13-29-65-57(69)19-9-3-11-31-67-42-53-49(50-25-22-46(62)40-55(50)67)27-28-54(64)59(53)43-15-5-1-6-16-43;;/h1-2,5-8,15-18,21-28,39-42,62-63H,3-4,9-14,19-20,29-38,61,64H2,(H2,65,66,69,70);;/p+2. The summed E-state index contributed by atoms with van der Waals surface area (Å²) in [5.74, 6) is 0.128. The van der Waals surface area contributed by atoms with Crippen molar-refractivity contribution >= 4 is 77.9 Å². The van der Waals surface area contributed by atoms with E-state index in [0.29, 0.717) is 65.6 Å².